The van der Waals surface area contributed by atoms with E-state index in [0.29, 0.717) is 11.3 Å². The molecule has 1 heterocycles. The summed E-state index contributed by atoms with van der Waals surface area (Å²) < 4.78 is 33.0. The predicted octanol–water partition coefficient (Wildman–Crippen LogP) is 3.84. The Bertz CT molecular complexity index is 1040. The Labute approximate surface area is 165 Å². The molecule has 0 unspecified atom stereocenters. The maximum atomic E-state index is 12.7. The minimum absolute atomic E-state index is 0.195. The molecule has 0 bridgehead atoms. The number of sulfonamides is 1. The number of aromatic nitrogens is 1. The number of hydrogen-bond acceptors (Lipinski definition) is 5. The average molecular weight is 398 g/mol. The van der Waals surface area contributed by atoms with Crippen LogP contribution in [0.15, 0.2) is 71.8 Å². The third kappa shape index (κ3) is 4.61. The molecule has 0 saturated carbocycles. The smallest absolute Gasteiger partial charge is 0.263 e. The van der Waals surface area contributed by atoms with E-state index in [1.54, 1.807) is 38.4 Å². The van der Waals surface area contributed by atoms with Crippen LogP contribution in [0.1, 0.15) is 11.1 Å². The number of pyridine rings is 1. The number of nitrogens with one attached hydrogen (secondary N) is 1. The Balaban J connectivity index is 1.73. The topological polar surface area (TPSA) is 71.5 Å². The van der Waals surface area contributed by atoms with Gasteiger partial charge in [0.2, 0.25) is 0 Å². The fourth-order valence-electron chi connectivity index (χ4n) is 2.86. The number of methoxy groups -OCH3 is 1. The molecule has 7 heteroatoms. The van der Waals surface area contributed by atoms with E-state index in [1.807, 2.05) is 36.2 Å². The molecule has 146 valence electrons. The molecule has 0 fully saturated rings. The maximum absolute atomic E-state index is 12.7. The summed E-state index contributed by atoms with van der Waals surface area (Å²) in [5, 5.41) is 0. The Morgan fingerprint density at radius 1 is 1.07 bits per heavy atom. The number of anilines is 2. The van der Waals surface area contributed by atoms with Crippen LogP contribution in [0.4, 0.5) is 11.5 Å². The Morgan fingerprint density at radius 3 is 2.43 bits per heavy atom. The van der Waals surface area contributed by atoms with Crippen LogP contribution >= 0.6 is 0 Å². The number of aryl methyl sites for hydroxylation is 1. The van der Waals surface area contributed by atoms with Crippen LogP contribution in [0.5, 0.6) is 5.75 Å². The van der Waals surface area contributed by atoms with Crippen molar-refractivity contribution in [2.24, 2.45) is 0 Å². The lowest BCUT2D eigenvalue weighted by atomic mass is 10.2. The summed E-state index contributed by atoms with van der Waals surface area (Å²) in [5.41, 5.74) is 2.68. The zero-order valence-electron chi connectivity index (χ0n) is 16.1. The third-order valence-corrected chi connectivity index (χ3v) is 5.88. The van der Waals surface area contributed by atoms with Crippen molar-refractivity contribution in [1.82, 2.24) is 4.98 Å². The van der Waals surface area contributed by atoms with Crippen molar-refractivity contribution in [2.75, 3.05) is 23.8 Å². The van der Waals surface area contributed by atoms with Crippen LogP contribution in [0, 0.1) is 6.92 Å². The van der Waals surface area contributed by atoms with Gasteiger partial charge >= 0.3 is 0 Å². The van der Waals surface area contributed by atoms with Gasteiger partial charge in [-0.1, -0.05) is 30.3 Å². The Morgan fingerprint density at radius 2 is 1.82 bits per heavy atom. The summed E-state index contributed by atoms with van der Waals surface area (Å²) in [6.07, 6.45) is 1.65. The molecule has 2 aromatic carbocycles. The lowest BCUT2D eigenvalue weighted by molar-refractivity contribution is 0.414. The first-order valence-corrected chi connectivity index (χ1v) is 10.3. The van der Waals surface area contributed by atoms with Gasteiger partial charge in [0.15, 0.2) is 0 Å². The molecule has 28 heavy (non-hydrogen) atoms. The number of benzene rings is 2. The summed E-state index contributed by atoms with van der Waals surface area (Å²) in [6.45, 7) is 2.46. The molecule has 0 spiro atoms. The number of rotatable bonds is 7. The van der Waals surface area contributed by atoms with Gasteiger partial charge < -0.3 is 9.64 Å². The zero-order valence-corrected chi connectivity index (χ0v) is 16.9. The van der Waals surface area contributed by atoms with Crippen molar-refractivity contribution < 1.29 is 13.2 Å². The molecule has 0 aliphatic rings. The highest BCUT2D eigenvalue weighted by atomic mass is 32.2. The monoisotopic (exact) mass is 397 g/mol. The number of ether oxygens (including phenoxy) is 1. The summed E-state index contributed by atoms with van der Waals surface area (Å²) in [6, 6.07) is 18.4. The summed E-state index contributed by atoms with van der Waals surface area (Å²) >= 11 is 0. The standard InChI is InChI=1S/C21H23N3O3S/c1-16-13-19(27-3)10-11-20(16)28(25,26)23-21-12-9-18(14-22-21)24(2)15-17-7-5-4-6-8-17/h4-14H,15H2,1-3H3,(H,22,23). The van der Waals surface area contributed by atoms with Crippen molar-refractivity contribution in [2.45, 2.75) is 18.4 Å². The second kappa shape index (κ2) is 8.31. The van der Waals surface area contributed by atoms with Crippen LogP contribution in [-0.4, -0.2) is 27.6 Å². The summed E-state index contributed by atoms with van der Waals surface area (Å²) in [4.78, 5) is 6.50. The maximum Gasteiger partial charge on any atom is 0.263 e. The highest BCUT2D eigenvalue weighted by Gasteiger charge is 2.18. The normalized spacial score (nSPS) is 11.1. The van der Waals surface area contributed by atoms with E-state index in [-0.39, 0.29) is 10.7 Å². The van der Waals surface area contributed by atoms with Crippen LogP contribution < -0.4 is 14.4 Å². The van der Waals surface area contributed by atoms with Gasteiger partial charge in [0.25, 0.3) is 10.0 Å². The molecule has 0 radical (unpaired) electrons. The second-order valence-electron chi connectivity index (χ2n) is 6.48. The summed E-state index contributed by atoms with van der Waals surface area (Å²) in [7, 11) is -0.222. The van der Waals surface area contributed by atoms with E-state index in [1.165, 1.54) is 11.6 Å². The second-order valence-corrected chi connectivity index (χ2v) is 8.13. The van der Waals surface area contributed by atoms with Crippen LogP contribution in [0.2, 0.25) is 0 Å². The van der Waals surface area contributed by atoms with E-state index in [0.717, 1.165) is 12.2 Å². The van der Waals surface area contributed by atoms with Gasteiger partial charge in [-0.15, -0.1) is 0 Å². The largest absolute Gasteiger partial charge is 0.497 e. The zero-order chi connectivity index (χ0) is 20.1. The highest BCUT2D eigenvalue weighted by molar-refractivity contribution is 7.92. The quantitative estimate of drug-likeness (QED) is 0.656. The fourth-order valence-corrected chi connectivity index (χ4v) is 4.10. The van der Waals surface area contributed by atoms with Crippen LogP contribution in [0.25, 0.3) is 0 Å². The van der Waals surface area contributed by atoms with E-state index in [4.69, 9.17) is 4.74 Å². The first kappa shape index (κ1) is 19.7. The average Bonchev–Trinajstić information content (AvgIpc) is 2.68. The van der Waals surface area contributed by atoms with E-state index < -0.39 is 10.0 Å². The van der Waals surface area contributed by atoms with Crippen molar-refractivity contribution in [1.29, 1.82) is 0 Å². The highest BCUT2D eigenvalue weighted by Crippen LogP contribution is 2.23. The minimum Gasteiger partial charge on any atom is -0.497 e. The van der Waals surface area contributed by atoms with Gasteiger partial charge in [0, 0.05) is 13.6 Å². The van der Waals surface area contributed by atoms with Gasteiger partial charge in [-0.3, -0.25) is 4.72 Å². The first-order chi connectivity index (χ1) is 13.4. The molecule has 6 nitrogen and oxygen atoms in total. The lowest BCUT2D eigenvalue weighted by Crippen LogP contribution is -2.18. The molecule has 0 aliphatic carbocycles. The van der Waals surface area contributed by atoms with Crippen LogP contribution in [0.3, 0.4) is 0 Å². The molecular formula is C21H23N3O3S. The first-order valence-electron chi connectivity index (χ1n) is 8.77. The molecule has 3 rings (SSSR count). The molecule has 0 atom stereocenters. The molecule has 1 aromatic heterocycles. The molecule has 0 amide bonds. The van der Waals surface area contributed by atoms with Gasteiger partial charge in [-0.05, 0) is 48.4 Å². The van der Waals surface area contributed by atoms with Gasteiger partial charge in [-0.25, -0.2) is 13.4 Å². The number of nitrogens with zero attached hydrogens (tertiary/aromatic N) is 2. The van der Waals surface area contributed by atoms with Gasteiger partial charge in [-0.2, -0.15) is 0 Å². The van der Waals surface area contributed by atoms with E-state index >= 15 is 0 Å². The van der Waals surface area contributed by atoms with E-state index in [9.17, 15) is 8.42 Å². The molecular weight excluding hydrogens is 374 g/mol. The molecule has 0 aliphatic heterocycles. The van der Waals surface area contributed by atoms with Gasteiger partial charge in [0.05, 0.1) is 23.9 Å². The number of hydrogen-bond donors (Lipinski definition) is 1. The van der Waals surface area contributed by atoms with Crippen molar-refractivity contribution in [3.63, 3.8) is 0 Å². The van der Waals surface area contributed by atoms with E-state index in [2.05, 4.69) is 21.8 Å². The van der Waals surface area contributed by atoms with Crippen LogP contribution in [-0.2, 0) is 16.6 Å². The summed E-state index contributed by atoms with van der Waals surface area (Å²) in [5.74, 6) is 0.882. The van der Waals surface area contributed by atoms with Crippen molar-refractivity contribution >= 4 is 21.5 Å². The minimum atomic E-state index is -3.73. The Hall–Kier alpha value is -3.06. The SMILES string of the molecule is COc1ccc(S(=O)(=O)Nc2ccc(N(C)Cc3ccccc3)cn2)c(C)c1. The third-order valence-electron chi connectivity index (χ3n) is 4.36. The van der Waals surface area contributed by atoms with Crippen molar-refractivity contribution in [3.05, 3.63) is 78.0 Å². The molecule has 3 aromatic rings. The molecule has 0 saturated heterocycles. The Kier molecular flexibility index (Phi) is 5.84. The molecule has 1 N–H and O–H groups in total. The predicted molar refractivity (Wildman–Crippen MR) is 111 cm³/mol. The van der Waals surface area contributed by atoms with Crippen molar-refractivity contribution in [3.8, 4) is 5.75 Å². The van der Waals surface area contributed by atoms with Gasteiger partial charge in [0.1, 0.15) is 11.6 Å². The lowest BCUT2D eigenvalue weighted by Gasteiger charge is -2.19. The fraction of sp³-hybridized carbons (Fsp3) is 0.190.